The lowest BCUT2D eigenvalue weighted by molar-refractivity contribution is 0.429. The molecule has 0 aliphatic heterocycles. The molecular formula is C7H5BrN4OS. The molecule has 2 aromatic rings. The van der Waals surface area contributed by atoms with Crippen molar-refractivity contribution in [2.24, 2.45) is 0 Å². The Bertz CT molecular complexity index is 430. The highest BCUT2D eigenvalue weighted by Crippen LogP contribution is 2.22. The minimum absolute atomic E-state index is 0.449. The second-order valence-electron chi connectivity index (χ2n) is 2.37. The van der Waals surface area contributed by atoms with Crippen LogP contribution in [0.1, 0.15) is 5.89 Å². The van der Waals surface area contributed by atoms with Gasteiger partial charge in [0.05, 0.1) is 4.47 Å². The van der Waals surface area contributed by atoms with Crippen molar-refractivity contribution in [3.63, 3.8) is 0 Å². The van der Waals surface area contributed by atoms with E-state index in [1.165, 1.54) is 11.8 Å². The molecule has 5 nitrogen and oxygen atoms in total. The molecular weight excluding hydrogens is 268 g/mol. The van der Waals surface area contributed by atoms with Crippen molar-refractivity contribution < 1.29 is 4.42 Å². The summed E-state index contributed by atoms with van der Waals surface area (Å²) in [7, 11) is 0. The number of rotatable bonds is 2. The van der Waals surface area contributed by atoms with Crippen molar-refractivity contribution in [3.05, 3.63) is 22.8 Å². The van der Waals surface area contributed by atoms with Crippen LogP contribution in [0.5, 0.6) is 0 Å². The van der Waals surface area contributed by atoms with Crippen molar-refractivity contribution in [2.75, 3.05) is 0 Å². The lowest BCUT2D eigenvalue weighted by Gasteiger charge is -1.93. The summed E-state index contributed by atoms with van der Waals surface area (Å²) in [5.74, 6) is 0.532. The summed E-state index contributed by atoms with van der Waals surface area (Å²) >= 11 is 4.48. The van der Waals surface area contributed by atoms with Crippen LogP contribution in [-0.2, 0) is 0 Å². The Morgan fingerprint density at radius 3 is 2.57 bits per heavy atom. The van der Waals surface area contributed by atoms with E-state index in [9.17, 15) is 0 Å². The number of aromatic nitrogens is 4. The van der Waals surface area contributed by atoms with E-state index in [0.29, 0.717) is 16.3 Å². The number of halogens is 1. The normalized spacial score (nSPS) is 10.4. The van der Waals surface area contributed by atoms with E-state index in [1.54, 1.807) is 19.3 Å². The maximum absolute atomic E-state index is 5.17. The predicted molar refractivity (Wildman–Crippen MR) is 52.9 cm³/mol. The summed E-state index contributed by atoms with van der Waals surface area (Å²) in [6.07, 6.45) is 3.33. The van der Waals surface area contributed by atoms with Crippen LogP contribution in [0.3, 0.4) is 0 Å². The molecule has 0 aliphatic carbocycles. The van der Waals surface area contributed by atoms with E-state index in [4.69, 9.17) is 4.42 Å². The van der Waals surface area contributed by atoms with E-state index in [2.05, 4.69) is 36.1 Å². The van der Waals surface area contributed by atoms with E-state index >= 15 is 0 Å². The molecule has 0 saturated carbocycles. The van der Waals surface area contributed by atoms with E-state index in [0.717, 1.165) is 4.47 Å². The third-order valence-corrected chi connectivity index (χ3v) is 2.43. The summed E-state index contributed by atoms with van der Waals surface area (Å²) in [6.45, 7) is 1.74. The van der Waals surface area contributed by atoms with Gasteiger partial charge in [0, 0.05) is 31.1 Å². The van der Waals surface area contributed by atoms with Gasteiger partial charge in [-0.2, -0.15) is 0 Å². The smallest absolute Gasteiger partial charge is 0.284 e. The van der Waals surface area contributed by atoms with Gasteiger partial charge in [-0.1, -0.05) is 0 Å². The summed E-state index contributed by atoms with van der Waals surface area (Å²) in [5, 5.41) is 8.55. The van der Waals surface area contributed by atoms with Crippen LogP contribution in [0.2, 0.25) is 0 Å². The SMILES string of the molecule is Cc1nnc(Sc2ncc(Br)cn2)o1. The van der Waals surface area contributed by atoms with Crippen LogP contribution in [0.25, 0.3) is 0 Å². The molecule has 2 aromatic heterocycles. The highest BCUT2D eigenvalue weighted by atomic mass is 79.9. The molecule has 7 heteroatoms. The van der Waals surface area contributed by atoms with E-state index < -0.39 is 0 Å². The fourth-order valence-electron chi connectivity index (χ4n) is 0.751. The molecule has 0 aliphatic rings. The molecule has 0 aromatic carbocycles. The molecule has 0 unspecified atom stereocenters. The summed E-state index contributed by atoms with van der Waals surface area (Å²) in [4.78, 5) is 8.12. The largest absolute Gasteiger partial charge is 0.416 e. The zero-order chi connectivity index (χ0) is 9.97. The van der Waals surface area contributed by atoms with Crippen molar-refractivity contribution in [1.82, 2.24) is 20.2 Å². The average Bonchev–Trinajstić information content (AvgIpc) is 2.56. The van der Waals surface area contributed by atoms with Gasteiger partial charge in [-0.05, 0) is 15.9 Å². The molecule has 0 N–H and O–H groups in total. The highest BCUT2D eigenvalue weighted by Gasteiger charge is 2.06. The molecule has 14 heavy (non-hydrogen) atoms. The van der Waals surface area contributed by atoms with Crippen LogP contribution in [0.4, 0.5) is 0 Å². The van der Waals surface area contributed by atoms with Crippen LogP contribution >= 0.6 is 27.7 Å². The number of nitrogens with zero attached hydrogens (tertiary/aromatic N) is 4. The quantitative estimate of drug-likeness (QED) is 0.780. The Hall–Kier alpha value is -0.950. The zero-order valence-corrected chi connectivity index (χ0v) is 9.54. The Balaban J connectivity index is 2.15. The van der Waals surface area contributed by atoms with Crippen molar-refractivity contribution >= 4 is 27.7 Å². The first kappa shape index (κ1) is 9.60. The first-order valence-electron chi connectivity index (χ1n) is 3.69. The molecule has 72 valence electrons. The molecule has 0 amide bonds. The number of hydrogen-bond donors (Lipinski definition) is 0. The average molecular weight is 273 g/mol. The lowest BCUT2D eigenvalue weighted by atomic mass is 10.7. The first-order chi connectivity index (χ1) is 6.74. The second-order valence-corrected chi connectivity index (χ2v) is 4.21. The van der Waals surface area contributed by atoms with Gasteiger partial charge in [0.2, 0.25) is 5.89 Å². The summed E-state index contributed by atoms with van der Waals surface area (Å²) < 4.78 is 6.00. The third kappa shape index (κ3) is 2.30. The standard InChI is InChI=1S/C7H5BrN4OS/c1-4-11-12-7(13-4)14-6-9-2-5(8)3-10-6/h2-3H,1H3. The molecule has 0 spiro atoms. The maximum atomic E-state index is 5.17. The fourth-order valence-corrected chi connectivity index (χ4v) is 1.57. The molecule has 0 saturated heterocycles. The Kier molecular flexibility index (Phi) is 2.78. The van der Waals surface area contributed by atoms with Gasteiger partial charge in [0.25, 0.3) is 5.22 Å². The van der Waals surface area contributed by atoms with E-state index in [1.807, 2.05) is 0 Å². The van der Waals surface area contributed by atoms with Crippen molar-refractivity contribution in [2.45, 2.75) is 17.3 Å². The van der Waals surface area contributed by atoms with Gasteiger partial charge in [-0.15, -0.1) is 10.2 Å². The Morgan fingerprint density at radius 1 is 1.29 bits per heavy atom. The highest BCUT2D eigenvalue weighted by molar-refractivity contribution is 9.10. The minimum atomic E-state index is 0.449. The van der Waals surface area contributed by atoms with Crippen LogP contribution in [-0.4, -0.2) is 20.2 Å². The van der Waals surface area contributed by atoms with Gasteiger partial charge in [0.1, 0.15) is 0 Å². The molecule has 2 rings (SSSR count). The minimum Gasteiger partial charge on any atom is -0.416 e. The third-order valence-electron chi connectivity index (χ3n) is 1.28. The summed E-state index contributed by atoms with van der Waals surface area (Å²) in [6, 6.07) is 0. The second kappa shape index (κ2) is 4.05. The Morgan fingerprint density at radius 2 is 2.00 bits per heavy atom. The fraction of sp³-hybridized carbons (Fsp3) is 0.143. The molecule has 2 heterocycles. The Labute approximate surface area is 92.5 Å². The van der Waals surface area contributed by atoms with Crippen molar-refractivity contribution in [3.8, 4) is 0 Å². The number of hydrogen-bond acceptors (Lipinski definition) is 6. The van der Waals surface area contributed by atoms with Crippen LogP contribution in [0.15, 0.2) is 31.7 Å². The van der Waals surface area contributed by atoms with Crippen molar-refractivity contribution in [1.29, 1.82) is 0 Å². The van der Waals surface area contributed by atoms with Gasteiger partial charge in [-0.25, -0.2) is 9.97 Å². The number of aryl methyl sites for hydroxylation is 1. The topological polar surface area (TPSA) is 64.7 Å². The zero-order valence-electron chi connectivity index (χ0n) is 7.14. The van der Waals surface area contributed by atoms with Crippen LogP contribution in [0, 0.1) is 6.92 Å². The van der Waals surface area contributed by atoms with E-state index in [-0.39, 0.29) is 0 Å². The van der Waals surface area contributed by atoms with Gasteiger partial charge in [0.15, 0.2) is 5.16 Å². The van der Waals surface area contributed by atoms with Gasteiger partial charge in [-0.3, -0.25) is 0 Å². The monoisotopic (exact) mass is 272 g/mol. The molecule has 0 radical (unpaired) electrons. The van der Waals surface area contributed by atoms with Gasteiger partial charge >= 0.3 is 0 Å². The van der Waals surface area contributed by atoms with Crippen LogP contribution < -0.4 is 0 Å². The molecule has 0 fully saturated rings. The first-order valence-corrected chi connectivity index (χ1v) is 5.30. The lowest BCUT2D eigenvalue weighted by Crippen LogP contribution is -1.84. The predicted octanol–water partition coefficient (Wildman–Crippen LogP) is 2.08. The molecule has 0 bridgehead atoms. The molecule has 0 atom stereocenters. The maximum Gasteiger partial charge on any atom is 0.284 e. The summed E-state index contributed by atoms with van der Waals surface area (Å²) in [5.41, 5.74) is 0. The van der Waals surface area contributed by atoms with Gasteiger partial charge < -0.3 is 4.42 Å².